The molecule has 0 radical (unpaired) electrons. The first-order valence-electron chi connectivity index (χ1n) is 6.89. The van der Waals surface area contributed by atoms with Gasteiger partial charge in [-0.1, -0.05) is 0 Å². The predicted octanol–water partition coefficient (Wildman–Crippen LogP) is 1.94. The molecule has 118 valence electrons. The Kier molecular flexibility index (Phi) is 6.98. The van der Waals surface area contributed by atoms with Gasteiger partial charge in [-0.05, 0) is 27.7 Å². The van der Waals surface area contributed by atoms with Gasteiger partial charge in [0.1, 0.15) is 0 Å². The highest BCUT2D eigenvalue weighted by molar-refractivity contribution is 8.17. The van der Waals surface area contributed by atoms with Crippen LogP contribution < -0.4 is 5.32 Å². The number of carbonyl (C=O) groups is 1. The van der Waals surface area contributed by atoms with E-state index in [0.717, 1.165) is 0 Å². The van der Waals surface area contributed by atoms with Gasteiger partial charge >= 0.3 is 6.03 Å². The minimum Gasteiger partial charge on any atom is -0.486 e. The SMILES string of the molecule is CCOC1=NS(=C=O)C(NC(=O)N(CC)CC)=C1OCC. The standard InChI is InChI=1S/C13H21N3O4S/c1-5-16(6-2)13(18)14-12-10(19-7-3)11(20-8-4)15-21(12)9-17/h5-8H2,1-4H3,(H,14,18). The van der Waals surface area contributed by atoms with Crippen molar-refractivity contribution in [2.75, 3.05) is 26.3 Å². The summed E-state index contributed by atoms with van der Waals surface area (Å²) in [6.45, 7) is 9.27. The number of urea groups is 1. The molecule has 0 fully saturated rings. The number of ether oxygens (including phenoxy) is 2. The van der Waals surface area contributed by atoms with Gasteiger partial charge in [0.05, 0.1) is 23.9 Å². The zero-order valence-corrected chi connectivity index (χ0v) is 13.6. The molecule has 7 nitrogen and oxygen atoms in total. The summed E-state index contributed by atoms with van der Waals surface area (Å²) in [4.78, 5) is 24.8. The van der Waals surface area contributed by atoms with Crippen molar-refractivity contribution in [3.63, 3.8) is 0 Å². The fourth-order valence-electron chi connectivity index (χ4n) is 1.71. The third kappa shape index (κ3) is 4.09. The first kappa shape index (κ1) is 17.3. The van der Waals surface area contributed by atoms with E-state index in [2.05, 4.69) is 9.71 Å². The highest BCUT2D eigenvalue weighted by atomic mass is 32.2. The fraction of sp³-hybridized carbons (Fsp3) is 0.615. The largest absolute Gasteiger partial charge is 0.486 e. The van der Waals surface area contributed by atoms with Crippen molar-refractivity contribution in [3.05, 3.63) is 10.8 Å². The molecule has 0 aromatic heterocycles. The highest BCUT2D eigenvalue weighted by Gasteiger charge is 2.29. The smallest absolute Gasteiger partial charge is 0.322 e. The topological polar surface area (TPSA) is 80.2 Å². The van der Waals surface area contributed by atoms with Crippen molar-refractivity contribution in [3.8, 4) is 0 Å². The Hall–Kier alpha value is -1.79. The molecule has 1 atom stereocenters. The van der Waals surface area contributed by atoms with E-state index in [9.17, 15) is 9.59 Å². The van der Waals surface area contributed by atoms with Crippen LogP contribution >= 0.6 is 10.7 Å². The second-order valence-corrected chi connectivity index (χ2v) is 5.22. The molecule has 0 spiro atoms. The molecule has 0 aromatic carbocycles. The Morgan fingerprint density at radius 3 is 2.33 bits per heavy atom. The number of nitrogens with one attached hydrogen (secondary N) is 1. The van der Waals surface area contributed by atoms with E-state index < -0.39 is 10.7 Å². The van der Waals surface area contributed by atoms with Crippen molar-refractivity contribution in [2.24, 2.45) is 4.40 Å². The van der Waals surface area contributed by atoms with Crippen molar-refractivity contribution in [2.45, 2.75) is 27.7 Å². The lowest BCUT2D eigenvalue weighted by Crippen LogP contribution is -2.39. The van der Waals surface area contributed by atoms with Crippen molar-refractivity contribution < 1.29 is 19.1 Å². The highest BCUT2D eigenvalue weighted by Crippen LogP contribution is 2.34. The van der Waals surface area contributed by atoms with E-state index in [1.54, 1.807) is 11.8 Å². The van der Waals surface area contributed by atoms with Gasteiger partial charge in [0, 0.05) is 13.1 Å². The number of amides is 2. The summed E-state index contributed by atoms with van der Waals surface area (Å²) in [7, 11) is -1.22. The van der Waals surface area contributed by atoms with Crippen LogP contribution in [0.5, 0.6) is 0 Å². The molecule has 1 unspecified atom stereocenters. The van der Waals surface area contributed by atoms with Crippen LogP contribution in [0.1, 0.15) is 27.7 Å². The molecular formula is C13H21N3O4S. The minimum atomic E-state index is -1.22. The van der Waals surface area contributed by atoms with Crippen LogP contribution in [-0.4, -0.2) is 48.4 Å². The molecule has 0 aliphatic carbocycles. The lowest BCUT2D eigenvalue weighted by Gasteiger charge is -2.20. The average molecular weight is 315 g/mol. The van der Waals surface area contributed by atoms with Gasteiger partial charge in [0.25, 0.3) is 5.90 Å². The van der Waals surface area contributed by atoms with Crippen LogP contribution in [0.4, 0.5) is 4.79 Å². The van der Waals surface area contributed by atoms with Gasteiger partial charge in [-0.2, -0.15) is 4.40 Å². The molecule has 2 amide bonds. The zero-order valence-electron chi connectivity index (χ0n) is 12.8. The zero-order chi connectivity index (χ0) is 15.8. The maximum atomic E-state index is 12.1. The maximum absolute atomic E-state index is 12.1. The van der Waals surface area contributed by atoms with E-state index in [1.807, 2.05) is 26.0 Å². The molecule has 0 saturated heterocycles. The third-order valence-electron chi connectivity index (χ3n) is 2.69. The lowest BCUT2D eigenvalue weighted by atomic mass is 10.5. The van der Waals surface area contributed by atoms with E-state index in [1.165, 1.54) is 0 Å². The molecule has 1 N–H and O–H groups in total. The molecule has 0 aromatic rings. The number of rotatable bonds is 6. The summed E-state index contributed by atoms with van der Waals surface area (Å²) >= 11 is 0. The van der Waals surface area contributed by atoms with E-state index in [0.29, 0.717) is 37.1 Å². The molecule has 0 saturated carbocycles. The monoisotopic (exact) mass is 315 g/mol. The van der Waals surface area contributed by atoms with Crippen LogP contribution in [0.2, 0.25) is 0 Å². The number of carbonyl (C=O) groups excluding carboxylic acids is 2. The van der Waals surface area contributed by atoms with E-state index in [-0.39, 0.29) is 11.9 Å². The van der Waals surface area contributed by atoms with Crippen LogP contribution in [0.3, 0.4) is 0 Å². The van der Waals surface area contributed by atoms with Crippen LogP contribution in [0.25, 0.3) is 0 Å². The summed E-state index contributed by atoms with van der Waals surface area (Å²) in [5.74, 6) is 0.549. The summed E-state index contributed by atoms with van der Waals surface area (Å²) in [5, 5.41) is 4.82. The van der Waals surface area contributed by atoms with Crippen molar-refractivity contribution >= 4 is 27.8 Å². The normalized spacial score (nSPS) is 17.1. The Morgan fingerprint density at radius 1 is 1.24 bits per heavy atom. The lowest BCUT2D eigenvalue weighted by molar-refractivity contribution is 0.203. The van der Waals surface area contributed by atoms with Gasteiger partial charge in [0.15, 0.2) is 10.3 Å². The first-order chi connectivity index (χ1) is 10.1. The summed E-state index contributed by atoms with van der Waals surface area (Å²) in [6, 6.07) is -0.298. The second-order valence-electron chi connectivity index (χ2n) is 3.89. The average Bonchev–Trinajstić information content (AvgIpc) is 2.79. The molecular weight excluding hydrogens is 294 g/mol. The fourth-order valence-corrected chi connectivity index (χ4v) is 2.73. The minimum absolute atomic E-state index is 0.237. The Morgan fingerprint density at radius 2 is 1.86 bits per heavy atom. The summed E-state index contributed by atoms with van der Waals surface area (Å²) in [5.41, 5.74) is 0. The second kappa shape index (κ2) is 8.49. The first-order valence-corrected chi connectivity index (χ1v) is 8.07. The Labute approximate surface area is 127 Å². The quantitative estimate of drug-likeness (QED) is 0.760. The molecule has 1 rings (SSSR count). The Bertz CT molecular complexity index is 506. The van der Waals surface area contributed by atoms with Crippen LogP contribution in [0.15, 0.2) is 15.2 Å². The van der Waals surface area contributed by atoms with Gasteiger partial charge in [-0.3, -0.25) is 5.32 Å². The van der Waals surface area contributed by atoms with Gasteiger partial charge in [-0.25, -0.2) is 9.59 Å². The Balaban J connectivity index is 3.08. The molecule has 1 aliphatic rings. The van der Waals surface area contributed by atoms with Gasteiger partial charge in [-0.15, -0.1) is 0 Å². The third-order valence-corrected chi connectivity index (χ3v) is 3.87. The summed E-state index contributed by atoms with van der Waals surface area (Å²) < 4.78 is 14.9. The van der Waals surface area contributed by atoms with Gasteiger partial charge in [0.2, 0.25) is 5.76 Å². The van der Waals surface area contributed by atoms with E-state index in [4.69, 9.17) is 9.47 Å². The summed E-state index contributed by atoms with van der Waals surface area (Å²) in [6.07, 6.45) is 0. The van der Waals surface area contributed by atoms with Gasteiger partial charge < -0.3 is 14.4 Å². The molecule has 1 aliphatic heterocycles. The van der Waals surface area contributed by atoms with Crippen LogP contribution in [0, 0.1) is 0 Å². The predicted molar refractivity (Wildman–Crippen MR) is 82.5 cm³/mol. The number of hydrogen-bond acceptors (Lipinski definition) is 5. The van der Waals surface area contributed by atoms with Crippen molar-refractivity contribution in [1.82, 2.24) is 10.2 Å². The molecule has 1 heterocycles. The number of nitrogens with zero attached hydrogens (tertiary/aromatic N) is 2. The molecule has 21 heavy (non-hydrogen) atoms. The molecule has 0 bridgehead atoms. The van der Waals surface area contributed by atoms with E-state index >= 15 is 0 Å². The maximum Gasteiger partial charge on any atom is 0.322 e. The van der Waals surface area contributed by atoms with Crippen LogP contribution in [-0.2, 0) is 14.3 Å². The number of hydrogen-bond donors (Lipinski definition) is 1. The van der Waals surface area contributed by atoms with Crippen molar-refractivity contribution in [1.29, 1.82) is 0 Å². The molecule has 8 heteroatoms.